The Bertz CT molecular complexity index is 430. The van der Waals surface area contributed by atoms with Crippen molar-refractivity contribution in [2.75, 3.05) is 13.2 Å². The summed E-state index contributed by atoms with van der Waals surface area (Å²) in [5.41, 5.74) is 7.41. The molecule has 1 aromatic rings. The van der Waals surface area contributed by atoms with Crippen LogP contribution in [0.25, 0.3) is 0 Å². The van der Waals surface area contributed by atoms with Gasteiger partial charge in [-0.15, -0.1) is 0 Å². The van der Waals surface area contributed by atoms with Gasteiger partial charge in [0.05, 0.1) is 19.8 Å². The second-order valence-corrected chi connectivity index (χ2v) is 3.90. The minimum atomic E-state index is -0.473. The molecule has 2 aliphatic heterocycles. The minimum absolute atomic E-state index is 0.260. The highest BCUT2D eigenvalue weighted by Crippen LogP contribution is 2.36. The van der Waals surface area contributed by atoms with Gasteiger partial charge in [0.1, 0.15) is 0 Å². The van der Waals surface area contributed by atoms with Gasteiger partial charge >= 0.3 is 0 Å². The van der Waals surface area contributed by atoms with E-state index in [-0.39, 0.29) is 6.02 Å². The summed E-state index contributed by atoms with van der Waals surface area (Å²) in [6.07, 6.45) is 0. The lowest BCUT2D eigenvalue weighted by molar-refractivity contribution is -0.0455. The summed E-state index contributed by atoms with van der Waals surface area (Å²) in [4.78, 5) is 4.10. The molecule has 2 heterocycles. The first-order valence-electron chi connectivity index (χ1n) is 4.95. The van der Waals surface area contributed by atoms with Gasteiger partial charge < -0.3 is 15.2 Å². The maximum atomic E-state index is 5.62. The number of nitrogens with zero attached hydrogens (tertiary/aromatic N) is 1. The monoisotopic (exact) mass is 204 g/mol. The molecule has 2 aliphatic rings. The van der Waals surface area contributed by atoms with Crippen LogP contribution in [0.3, 0.4) is 0 Å². The van der Waals surface area contributed by atoms with Crippen LogP contribution in [0.2, 0.25) is 0 Å². The molecule has 2 N–H and O–H groups in total. The normalized spacial score (nSPS) is 28.4. The summed E-state index contributed by atoms with van der Waals surface area (Å²) in [7, 11) is 0. The Labute approximate surface area is 87.7 Å². The molecule has 0 saturated carbocycles. The molecule has 0 bridgehead atoms. The molecule has 1 atom stereocenters. The molecule has 4 heteroatoms. The van der Waals surface area contributed by atoms with Gasteiger partial charge in [0.15, 0.2) is 5.60 Å². The third-order valence-electron chi connectivity index (χ3n) is 2.89. The van der Waals surface area contributed by atoms with Crippen molar-refractivity contribution in [3.05, 3.63) is 35.4 Å². The number of nitrogens with two attached hydrogens (primary N) is 1. The molecule has 3 rings (SSSR count). The van der Waals surface area contributed by atoms with E-state index in [1.807, 2.05) is 18.2 Å². The summed E-state index contributed by atoms with van der Waals surface area (Å²) >= 11 is 0. The van der Waals surface area contributed by atoms with E-state index in [4.69, 9.17) is 15.2 Å². The molecular formula is C11H12N2O2. The predicted octanol–water partition coefficient (Wildman–Crippen LogP) is 0.757. The average Bonchev–Trinajstić information content (AvgIpc) is 2.62. The largest absolute Gasteiger partial charge is 0.449 e. The van der Waals surface area contributed by atoms with Crippen molar-refractivity contribution < 1.29 is 9.47 Å². The molecule has 0 fully saturated rings. The van der Waals surface area contributed by atoms with Crippen LogP contribution in [0, 0.1) is 0 Å². The summed E-state index contributed by atoms with van der Waals surface area (Å²) in [5.74, 6) is 0. The Hall–Kier alpha value is -1.55. The minimum Gasteiger partial charge on any atom is -0.449 e. The van der Waals surface area contributed by atoms with Gasteiger partial charge in [0.2, 0.25) is 0 Å². The SMILES string of the molecule is NC1=NCC2(COCc3ccccc32)O1. The third-order valence-corrected chi connectivity index (χ3v) is 2.89. The summed E-state index contributed by atoms with van der Waals surface area (Å²) in [5, 5.41) is 0. The van der Waals surface area contributed by atoms with Gasteiger partial charge in [-0.1, -0.05) is 24.3 Å². The molecule has 4 nitrogen and oxygen atoms in total. The average molecular weight is 204 g/mol. The highest BCUT2D eigenvalue weighted by Gasteiger charge is 2.43. The first-order chi connectivity index (χ1) is 7.30. The Kier molecular flexibility index (Phi) is 1.73. The number of amidine groups is 1. The molecule has 78 valence electrons. The Morgan fingerprint density at radius 2 is 2.20 bits per heavy atom. The van der Waals surface area contributed by atoms with Gasteiger partial charge in [-0.05, 0) is 5.56 Å². The van der Waals surface area contributed by atoms with Crippen LogP contribution in [-0.2, 0) is 21.7 Å². The van der Waals surface area contributed by atoms with E-state index >= 15 is 0 Å². The van der Waals surface area contributed by atoms with Crippen molar-refractivity contribution in [1.29, 1.82) is 0 Å². The number of fused-ring (bicyclic) bond motifs is 2. The zero-order chi connectivity index (χ0) is 10.3. The number of hydrogen-bond acceptors (Lipinski definition) is 4. The molecule has 15 heavy (non-hydrogen) atoms. The highest BCUT2D eigenvalue weighted by atomic mass is 16.6. The first kappa shape index (κ1) is 8.73. The topological polar surface area (TPSA) is 56.8 Å². The fourth-order valence-electron chi connectivity index (χ4n) is 2.18. The maximum Gasteiger partial charge on any atom is 0.283 e. The van der Waals surface area contributed by atoms with Gasteiger partial charge in [-0.2, -0.15) is 0 Å². The number of ether oxygens (including phenoxy) is 2. The van der Waals surface area contributed by atoms with E-state index in [9.17, 15) is 0 Å². The number of rotatable bonds is 0. The summed E-state index contributed by atoms with van der Waals surface area (Å²) < 4.78 is 11.1. The smallest absolute Gasteiger partial charge is 0.283 e. The lowest BCUT2D eigenvalue weighted by Gasteiger charge is -2.33. The maximum absolute atomic E-state index is 5.62. The molecule has 0 amide bonds. The Morgan fingerprint density at radius 3 is 3.00 bits per heavy atom. The standard InChI is InChI=1S/C11H12N2O2/c12-10-13-6-11(15-10)7-14-5-8-3-1-2-4-9(8)11/h1-4H,5-7H2,(H2,12,13). The van der Waals surface area contributed by atoms with Gasteiger partial charge in [-0.25, -0.2) is 4.99 Å². The van der Waals surface area contributed by atoms with E-state index in [0.717, 1.165) is 11.1 Å². The molecule has 1 aromatic carbocycles. The van der Waals surface area contributed by atoms with Gasteiger partial charge in [0.25, 0.3) is 6.02 Å². The first-order valence-corrected chi connectivity index (χ1v) is 4.95. The van der Waals surface area contributed by atoms with Crippen molar-refractivity contribution in [2.24, 2.45) is 10.7 Å². The van der Waals surface area contributed by atoms with Crippen LogP contribution >= 0.6 is 0 Å². The zero-order valence-corrected chi connectivity index (χ0v) is 8.27. The number of aliphatic imine (C=N–C) groups is 1. The van der Waals surface area contributed by atoms with Crippen LogP contribution < -0.4 is 5.73 Å². The number of benzene rings is 1. The van der Waals surface area contributed by atoms with Crippen LogP contribution in [0.5, 0.6) is 0 Å². The van der Waals surface area contributed by atoms with E-state index in [1.165, 1.54) is 0 Å². The van der Waals surface area contributed by atoms with Crippen molar-refractivity contribution in [2.45, 2.75) is 12.2 Å². The Morgan fingerprint density at radius 1 is 1.33 bits per heavy atom. The van der Waals surface area contributed by atoms with E-state index in [2.05, 4.69) is 11.1 Å². The number of hydrogen-bond donors (Lipinski definition) is 1. The molecule has 0 aliphatic carbocycles. The van der Waals surface area contributed by atoms with Crippen molar-refractivity contribution in [3.8, 4) is 0 Å². The second kappa shape index (κ2) is 2.97. The second-order valence-electron chi connectivity index (χ2n) is 3.90. The van der Waals surface area contributed by atoms with Crippen molar-refractivity contribution in [1.82, 2.24) is 0 Å². The third kappa shape index (κ3) is 1.22. The van der Waals surface area contributed by atoms with Crippen LogP contribution in [0.15, 0.2) is 29.3 Å². The van der Waals surface area contributed by atoms with E-state index < -0.39 is 5.60 Å². The van der Waals surface area contributed by atoms with Crippen LogP contribution in [0.1, 0.15) is 11.1 Å². The molecule has 0 saturated heterocycles. The summed E-state index contributed by atoms with van der Waals surface area (Å²) in [6.45, 7) is 1.71. The van der Waals surface area contributed by atoms with Crippen molar-refractivity contribution in [3.63, 3.8) is 0 Å². The Balaban J connectivity index is 2.07. The molecule has 1 spiro atoms. The molecule has 0 aromatic heterocycles. The molecule has 0 radical (unpaired) electrons. The summed E-state index contributed by atoms with van der Waals surface area (Å²) in [6, 6.07) is 8.37. The molecular weight excluding hydrogens is 192 g/mol. The van der Waals surface area contributed by atoms with Gasteiger partial charge in [0, 0.05) is 5.56 Å². The van der Waals surface area contributed by atoms with Crippen LogP contribution in [0.4, 0.5) is 0 Å². The highest BCUT2D eigenvalue weighted by molar-refractivity contribution is 5.74. The quantitative estimate of drug-likeness (QED) is 0.678. The van der Waals surface area contributed by atoms with E-state index in [0.29, 0.717) is 19.8 Å². The van der Waals surface area contributed by atoms with Gasteiger partial charge in [-0.3, -0.25) is 0 Å². The van der Waals surface area contributed by atoms with E-state index in [1.54, 1.807) is 0 Å². The zero-order valence-electron chi connectivity index (χ0n) is 8.27. The van der Waals surface area contributed by atoms with Crippen LogP contribution in [-0.4, -0.2) is 19.2 Å². The fourth-order valence-corrected chi connectivity index (χ4v) is 2.18. The lowest BCUT2D eigenvalue weighted by Crippen LogP contribution is -2.40. The van der Waals surface area contributed by atoms with Crippen molar-refractivity contribution >= 4 is 6.02 Å². The fraction of sp³-hybridized carbons (Fsp3) is 0.364. The molecule has 1 unspecified atom stereocenters. The predicted molar refractivity (Wildman–Crippen MR) is 55.4 cm³/mol. The lowest BCUT2D eigenvalue weighted by atomic mass is 9.89.